The molecule has 0 saturated carbocycles. The third kappa shape index (κ3) is 3.41. The van der Waals surface area contributed by atoms with E-state index in [1.807, 2.05) is 48.5 Å². The van der Waals surface area contributed by atoms with E-state index in [1.165, 1.54) is 0 Å². The van der Waals surface area contributed by atoms with E-state index in [1.54, 1.807) is 19.4 Å². The summed E-state index contributed by atoms with van der Waals surface area (Å²) in [6.07, 6.45) is 1.70. The molecule has 2 N–H and O–H groups in total. The molecule has 0 aliphatic rings. The number of carbonyl (C=O) groups is 1. The molecule has 1 amide bonds. The van der Waals surface area contributed by atoms with E-state index >= 15 is 0 Å². The molecule has 134 valence electrons. The lowest BCUT2D eigenvalue weighted by atomic mass is 10.1. The number of pyridine rings is 1. The van der Waals surface area contributed by atoms with Gasteiger partial charge in [0.25, 0.3) is 5.91 Å². The molecular weight excluding hydrogens is 408 g/mol. The number of benzene rings is 2. The van der Waals surface area contributed by atoms with Gasteiger partial charge in [-0.15, -0.1) is 0 Å². The zero-order chi connectivity index (χ0) is 18.8. The quantitative estimate of drug-likeness (QED) is 0.501. The molecule has 0 atom stereocenters. The largest absolute Gasteiger partial charge is 0.497 e. The van der Waals surface area contributed by atoms with Gasteiger partial charge in [0.1, 0.15) is 11.4 Å². The third-order valence-electron chi connectivity index (χ3n) is 4.17. The molecule has 0 radical (unpaired) electrons. The first-order valence-corrected chi connectivity index (χ1v) is 8.99. The van der Waals surface area contributed by atoms with E-state index in [4.69, 9.17) is 4.74 Å². The van der Waals surface area contributed by atoms with Crippen molar-refractivity contribution in [3.8, 4) is 17.0 Å². The van der Waals surface area contributed by atoms with Gasteiger partial charge in [-0.05, 0) is 48.5 Å². The maximum absolute atomic E-state index is 12.6. The molecule has 2 heterocycles. The predicted molar refractivity (Wildman–Crippen MR) is 108 cm³/mol. The molecule has 0 unspecified atom stereocenters. The average Bonchev–Trinajstić information content (AvgIpc) is 3.21. The zero-order valence-electron chi connectivity index (χ0n) is 14.4. The fraction of sp³-hybridized carbons (Fsp3) is 0.0500. The van der Waals surface area contributed by atoms with E-state index in [0.29, 0.717) is 17.1 Å². The minimum atomic E-state index is -0.281. The van der Waals surface area contributed by atoms with Gasteiger partial charge in [0.15, 0.2) is 0 Å². The van der Waals surface area contributed by atoms with Crippen LogP contribution in [-0.2, 0) is 0 Å². The first-order valence-electron chi connectivity index (χ1n) is 8.20. The number of methoxy groups -OCH3 is 1. The smallest absolute Gasteiger partial charge is 0.273 e. The van der Waals surface area contributed by atoms with E-state index in [0.717, 1.165) is 26.7 Å². The lowest BCUT2D eigenvalue weighted by molar-refractivity contribution is 0.102. The standard InChI is InChI=1S/C20H15BrN4O2/c1-27-13-6-4-12(5-7-13)17-11-18(25-24-17)20(26)23-16-9-8-15(21)14-3-2-10-22-19(14)16/h2-11H,1H3,(H,23,26)(H,24,25). The topological polar surface area (TPSA) is 79.9 Å². The number of amides is 1. The lowest BCUT2D eigenvalue weighted by Crippen LogP contribution is -2.12. The Labute approximate surface area is 163 Å². The fourth-order valence-electron chi connectivity index (χ4n) is 2.78. The van der Waals surface area contributed by atoms with Gasteiger partial charge >= 0.3 is 0 Å². The van der Waals surface area contributed by atoms with Gasteiger partial charge in [0.05, 0.1) is 24.0 Å². The zero-order valence-corrected chi connectivity index (χ0v) is 15.9. The number of halogens is 1. The summed E-state index contributed by atoms with van der Waals surface area (Å²) in [7, 11) is 1.62. The fourth-order valence-corrected chi connectivity index (χ4v) is 3.23. The summed E-state index contributed by atoms with van der Waals surface area (Å²) in [6, 6.07) is 16.7. The van der Waals surface area contributed by atoms with Crippen LogP contribution in [0, 0.1) is 0 Å². The molecule has 27 heavy (non-hydrogen) atoms. The maximum atomic E-state index is 12.6. The summed E-state index contributed by atoms with van der Waals surface area (Å²) in [4.78, 5) is 17.0. The van der Waals surface area contributed by atoms with Crippen molar-refractivity contribution >= 4 is 38.4 Å². The molecule has 4 rings (SSSR count). The van der Waals surface area contributed by atoms with Gasteiger partial charge < -0.3 is 10.1 Å². The number of ether oxygens (including phenoxy) is 1. The van der Waals surface area contributed by atoms with Crippen molar-refractivity contribution in [3.05, 3.63) is 71.0 Å². The van der Waals surface area contributed by atoms with E-state index in [9.17, 15) is 4.79 Å². The molecule has 2 aromatic carbocycles. The van der Waals surface area contributed by atoms with Crippen molar-refractivity contribution in [1.82, 2.24) is 15.2 Å². The monoisotopic (exact) mass is 422 g/mol. The van der Waals surface area contributed by atoms with E-state index < -0.39 is 0 Å². The number of anilines is 1. The Morgan fingerprint density at radius 1 is 1.15 bits per heavy atom. The van der Waals surface area contributed by atoms with Gasteiger partial charge in [0, 0.05) is 21.6 Å². The Kier molecular flexibility index (Phi) is 4.60. The number of hydrogen-bond donors (Lipinski definition) is 2. The molecule has 0 spiro atoms. The summed E-state index contributed by atoms with van der Waals surface area (Å²) in [5.41, 5.74) is 3.30. The number of aromatic nitrogens is 3. The van der Waals surface area contributed by atoms with Crippen molar-refractivity contribution < 1.29 is 9.53 Å². The van der Waals surface area contributed by atoms with Crippen LogP contribution in [0.25, 0.3) is 22.2 Å². The first kappa shape index (κ1) is 17.2. The highest BCUT2D eigenvalue weighted by atomic mass is 79.9. The van der Waals surface area contributed by atoms with Crippen molar-refractivity contribution in [2.75, 3.05) is 12.4 Å². The Balaban J connectivity index is 1.59. The van der Waals surface area contributed by atoms with Gasteiger partial charge in [-0.3, -0.25) is 14.9 Å². The first-order chi connectivity index (χ1) is 13.2. The third-order valence-corrected chi connectivity index (χ3v) is 4.86. The highest BCUT2D eigenvalue weighted by Crippen LogP contribution is 2.29. The second kappa shape index (κ2) is 7.20. The number of H-pyrrole nitrogens is 1. The van der Waals surface area contributed by atoms with Crippen LogP contribution in [0.5, 0.6) is 5.75 Å². The summed E-state index contributed by atoms with van der Waals surface area (Å²) >= 11 is 3.50. The van der Waals surface area contributed by atoms with Crippen LogP contribution in [0.4, 0.5) is 5.69 Å². The molecule has 0 aliphatic carbocycles. The second-order valence-corrected chi connectivity index (χ2v) is 6.70. The molecule has 0 aliphatic heterocycles. The van der Waals surface area contributed by atoms with Crippen LogP contribution >= 0.6 is 15.9 Å². The Bertz CT molecular complexity index is 1120. The normalized spacial score (nSPS) is 10.7. The highest BCUT2D eigenvalue weighted by molar-refractivity contribution is 9.10. The summed E-state index contributed by atoms with van der Waals surface area (Å²) in [6.45, 7) is 0. The van der Waals surface area contributed by atoms with Crippen LogP contribution in [0.3, 0.4) is 0 Å². The van der Waals surface area contributed by atoms with Gasteiger partial charge in [-0.25, -0.2) is 0 Å². The second-order valence-electron chi connectivity index (χ2n) is 5.84. The SMILES string of the molecule is COc1ccc(-c2cc(C(=O)Nc3ccc(Br)c4cccnc34)[nH]n2)cc1. The molecule has 7 heteroatoms. The number of aromatic amines is 1. The summed E-state index contributed by atoms with van der Waals surface area (Å²) < 4.78 is 6.08. The van der Waals surface area contributed by atoms with Crippen molar-refractivity contribution in [3.63, 3.8) is 0 Å². The van der Waals surface area contributed by atoms with Crippen molar-refractivity contribution in [2.45, 2.75) is 0 Å². The van der Waals surface area contributed by atoms with Gasteiger partial charge in [-0.1, -0.05) is 22.0 Å². The average molecular weight is 423 g/mol. The van der Waals surface area contributed by atoms with Crippen LogP contribution in [0.2, 0.25) is 0 Å². The summed E-state index contributed by atoms with van der Waals surface area (Å²) in [5.74, 6) is 0.485. The molecule has 0 fully saturated rings. The number of rotatable bonds is 4. The molecule has 6 nitrogen and oxygen atoms in total. The predicted octanol–water partition coefficient (Wildman–Crippen LogP) is 4.65. The molecular formula is C20H15BrN4O2. The number of nitrogens with one attached hydrogen (secondary N) is 2. The minimum absolute atomic E-state index is 0.281. The molecule has 4 aromatic rings. The maximum Gasteiger partial charge on any atom is 0.273 e. The van der Waals surface area contributed by atoms with Crippen molar-refractivity contribution in [1.29, 1.82) is 0 Å². The molecule has 0 saturated heterocycles. The van der Waals surface area contributed by atoms with E-state index in [2.05, 4.69) is 36.4 Å². The lowest BCUT2D eigenvalue weighted by Gasteiger charge is -2.08. The number of hydrogen-bond acceptors (Lipinski definition) is 4. The van der Waals surface area contributed by atoms with E-state index in [-0.39, 0.29) is 5.91 Å². The van der Waals surface area contributed by atoms with Crippen LogP contribution in [-0.4, -0.2) is 28.2 Å². The van der Waals surface area contributed by atoms with Crippen LogP contribution in [0.15, 0.2) is 65.3 Å². The Morgan fingerprint density at radius 2 is 1.96 bits per heavy atom. The van der Waals surface area contributed by atoms with Gasteiger partial charge in [-0.2, -0.15) is 5.10 Å². The molecule has 2 aromatic heterocycles. The number of carbonyl (C=O) groups excluding carboxylic acids is 1. The number of fused-ring (bicyclic) bond motifs is 1. The Morgan fingerprint density at radius 3 is 2.74 bits per heavy atom. The number of nitrogens with zero attached hydrogens (tertiary/aromatic N) is 2. The summed E-state index contributed by atoms with van der Waals surface area (Å²) in [5, 5.41) is 10.8. The minimum Gasteiger partial charge on any atom is -0.497 e. The van der Waals surface area contributed by atoms with Crippen LogP contribution < -0.4 is 10.1 Å². The van der Waals surface area contributed by atoms with Crippen LogP contribution in [0.1, 0.15) is 10.5 Å². The molecule has 0 bridgehead atoms. The van der Waals surface area contributed by atoms with Gasteiger partial charge in [0.2, 0.25) is 0 Å². The van der Waals surface area contributed by atoms with Crippen molar-refractivity contribution in [2.24, 2.45) is 0 Å². The Hall–Kier alpha value is -3.19. The highest BCUT2D eigenvalue weighted by Gasteiger charge is 2.14.